The van der Waals surface area contributed by atoms with Crippen molar-refractivity contribution in [2.75, 3.05) is 13.7 Å². The van der Waals surface area contributed by atoms with Crippen LogP contribution in [-0.2, 0) is 9.09 Å². The molecule has 3 N–H and O–H groups in total. The summed E-state index contributed by atoms with van der Waals surface area (Å²) in [4.78, 5) is 27.4. The number of phosphoric acid groups is 1. The van der Waals surface area contributed by atoms with E-state index in [-0.39, 0.29) is 12.5 Å². The fourth-order valence-corrected chi connectivity index (χ4v) is 2.09. The van der Waals surface area contributed by atoms with Gasteiger partial charge in [0.15, 0.2) is 0 Å². The normalized spacial score (nSPS) is 11.9. The maximum Gasteiger partial charge on any atom is 0.469 e. The fourth-order valence-electron chi connectivity index (χ4n) is 1.64. The van der Waals surface area contributed by atoms with E-state index in [2.05, 4.69) is 9.84 Å². The lowest BCUT2D eigenvalue weighted by atomic mass is 10.1. The molecule has 0 aliphatic heterocycles. The van der Waals surface area contributed by atoms with Gasteiger partial charge >= 0.3 is 13.9 Å². The maximum atomic E-state index is 10.8. The molecule has 1 amide bonds. The Morgan fingerprint density at radius 3 is 2.52 bits per heavy atom. The van der Waals surface area contributed by atoms with E-state index in [1.807, 2.05) is 32.9 Å². The van der Waals surface area contributed by atoms with Gasteiger partial charge in [-0.3, -0.25) is 4.52 Å². The van der Waals surface area contributed by atoms with E-state index in [9.17, 15) is 9.36 Å². The monoisotopic (exact) mass is 347 g/mol. The molecule has 1 aromatic rings. The minimum Gasteiger partial charge on any atom is -0.410 e. The molecule has 1 aromatic carbocycles. The van der Waals surface area contributed by atoms with Crippen molar-refractivity contribution in [3.05, 3.63) is 29.8 Å². The standard InChI is InChI=1S/C9H11NO2.C6H15O4P/c1-7-4-3-5-8(6-7)12-9(11)10-2;1-3-4-6(2)5-10-11(7,8)9/h3-6H,1-2H3,(H,10,11);6H,3-5H2,1-2H3,(H2,7,8,9). The molecule has 8 heteroatoms. The summed E-state index contributed by atoms with van der Waals surface area (Å²) in [7, 11) is -2.72. The topological polar surface area (TPSA) is 105 Å². The van der Waals surface area contributed by atoms with Gasteiger partial charge in [0.2, 0.25) is 0 Å². The molecule has 0 bridgehead atoms. The highest BCUT2D eigenvalue weighted by Gasteiger charge is 2.15. The van der Waals surface area contributed by atoms with E-state index in [1.54, 1.807) is 12.1 Å². The molecule has 0 saturated heterocycles. The SMILES string of the molecule is CCCC(C)COP(=O)(O)O.CNC(=O)Oc1cccc(C)c1. The van der Waals surface area contributed by atoms with Gasteiger partial charge in [0.1, 0.15) is 5.75 Å². The summed E-state index contributed by atoms with van der Waals surface area (Å²) in [6.45, 7) is 6.00. The summed E-state index contributed by atoms with van der Waals surface area (Å²) in [5.74, 6) is 0.780. The van der Waals surface area contributed by atoms with Gasteiger partial charge < -0.3 is 19.8 Å². The van der Waals surface area contributed by atoms with Gasteiger partial charge in [-0.1, -0.05) is 32.4 Å². The average molecular weight is 347 g/mol. The lowest BCUT2D eigenvalue weighted by Crippen LogP contribution is -2.21. The fraction of sp³-hybridized carbons (Fsp3) is 0.533. The zero-order chi connectivity index (χ0) is 17.9. The van der Waals surface area contributed by atoms with Crippen molar-refractivity contribution >= 4 is 13.9 Å². The third-order valence-electron chi connectivity index (χ3n) is 2.71. The molecule has 0 aliphatic carbocycles. The molecule has 0 fully saturated rings. The van der Waals surface area contributed by atoms with Gasteiger partial charge in [-0.15, -0.1) is 0 Å². The van der Waals surface area contributed by atoms with E-state index < -0.39 is 13.9 Å². The molecule has 1 rings (SSSR count). The van der Waals surface area contributed by atoms with Crippen molar-refractivity contribution in [3.8, 4) is 5.75 Å². The molecule has 7 nitrogen and oxygen atoms in total. The first-order valence-electron chi connectivity index (χ1n) is 7.34. The van der Waals surface area contributed by atoms with Gasteiger partial charge in [0.05, 0.1) is 6.61 Å². The van der Waals surface area contributed by atoms with Gasteiger partial charge in [-0.05, 0) is 37.0 Å². The summed E-state index contributed by atoms with van der Waals surface area (Å²) in [6.07, 6.45) is 1.49. The van der Waals surface area contributed by atoms with Crippen LogP contribution in [0.3, 0.4) is 0 Å². The van der Waals surface area contributed by atoms with Gasteiger partial charge in [-0.2, -0.15) is 0 Å². The number of benzene rings is 1. The summed E-state index contributed by atoms with van der Waals surface area (Å²) >= 11 is 0. The smallest absolute Gasteiger partial charge is 0.410 e. The van der Waals surface area contributed by atoms with Crippen molar-refractivity contribution in [1.29, 1.82) is 0 Å². The van der Waals surface area contributed by atoms with Crippen LogP contribution >= 0.6 is 7.82 Å². The average Bonchev–Trinajstić information content (AvgIpc) is 2.45. The van der Waals surface area contributed by atoms with Crippen LogP contribution in [0.4, 0.5) is 4.79 Å². The Kier molecular flexibility index (Phi) is 10.5. The van der Waals surface area contributed by atoms with Crippen LogP contribution in [0.25, 0.3) is 0 Å². The number of ether oxygens (including phenoxy) is 1. The van der Waals surface area contributed by atoms with Crippen molar-refractivity contribution in [2.45, 2.75) is 33.6 Å². The molecule has 1 unspecified atom stereocenters. The first-order chi connectivity index (χ1) is 10.7. The van der Waals surface area contributed by atoms with Gasteiger partial charge in [0.25, 0.3) is 0 Å². The summed E-state index contributed by atoms with van der Waals surface area (Å²) < 4.78 is 19.4. The van der Waals surface area contributed by atoms with Crippen LogP contribution in [0, 0.1) is 12.8 Å². The van der Waals surface area contributed by atoms with E-state index in [0.29, 0.717) is 5.75 Å². The second-order valence-corrected chi connectivity index (χ2v) is 6.38. The molecule has 132 valence electrons. The van der Waals surface area contributed by atoms with Crippen LogP contribution < -0.4 is 10.1 Å². The molecular formula is C15H26NO6P. The lowest BCUT2D eigenvalue weighted by molar-refractivity contribution is 0.169. The second-order valence-electron chi connectivity index (χ2n) is 5.14. The van der Waals surface area contributed by atoms with E-state index in [4.69, 9.17) is 14.5 Å². The van der Waals surface area contributed by atoms with Crippen molar-refractivity contribution in [2.24, 2.45) is 5.92 Å². The van der Waals surface area contributed by atoms with E-state index >= 15 is 0 Å². The molecule has 0 aliphatic rings. The minimum absolute atomic E-state index is 0.137. The number of aryl methyl sites for hydroxylation is 1. The van der Waals surface area contributed by atoms with Crippen LogP contribution in [0.2, 0.25) is 0 Å². The number of rotatable bonds is 6. The lowest BCUT2D eigenvalue weighted by Gasteiger charge is -2.10. The number of amides is 1. The van der Waals surface area contributed by atoms with Crippen LogP contribution in [0.1, 0.15) is 32.3 Å². The zero-order valence-corrected chi connectivity index (χ0v) is 14.9. The van der Waals surface area contributed by atoms with E-state index in [0.717, 1.165) is 18.4 Å². The molecule has 0 spiro atoms. The van der Waals surface area contributed by atoms with Crippen molar-refractivity contribution in [1.82, 2.24) is 5.32 Å². The van der Waals surface area contributed by atoms with Crippen molar-refractivity contribution in [3.63, 3.8) is 0 Å². The number of carbonyl (C=O) groups is 1. The van der Waals surface area contributed by atoms with Gasteiger partial charge in [-0.25, -0.2) is 9.36 Å². The first-order valence-corrected chi connectivity index (χ1v) is 8.87. The Morgan fingerprint density at radius 2 is 2.04 bits per heavy atom. The highest BCUT2D eigenvalue weighted by Crippen LogP contribution is 2.36. The van der Waals surface area contributed by atoms with Crippen LogP contribution in [0.15, 0.2) is 24.3 Å². The molecule has 0 radical (unpaired) electrons. The molecule has 0 aromatic heterocycles. The summed E-state index contributed by atoms with van der Waals surface area (Å²) in [5.41, 5.74) is 1.07. The Labute approximate surface area is 137 Å². The molecule has 23 heavy (non-hydrogen) atoms. The highest BCUT2D eigenvalue weighted by molar-refractivity contribution is 7.46. The van der Waals surface area contributed by atoms with E-state index in [1.165, 1.54) is 7.05 Å². The Morgan fingerprint density at radius 1 is 1.39 bits per heavy atom. The number of nitrogens with one attached hydrogen (secondary N) is 1. The zero-order valence-electron chi connectivity index (χ0n) is 14.0. The Balaban J connectivity index is 0.000000423. The minimum atomic E-state index is -4.24. The number of carbonyl (C=O) groups excluding carboxylic acids is 1. The Bertz CT molecular complexity index is 516. The molecule has 0 heterocycles. The molecule has 0 saturated carbocycles. The third kappa shape index (κ3) is 12.8. The largest absolute Gasteiger partial charge is 0.469 e. The predicted molar refractivity (Wildman–Crippen MR) is 88.3 cm³/mol. The maximum absolute atomic E-state index is 10.8. The molecule has 1 atom stereocenters. The third-order valence-corrected chi connectivity index (χ3v) is 3.20. The first kappa shape index (κ1) is 21.6. The predicted octanol–water partition coefficient (Wildman–Crippen LogP) is 3.25. The van der Waals surface area contributed by atoms with Gasteiger partial charge in [0, 0.05) is 7.05 Å². The quantitative estimate of drug-likeness (QED) is 0.682. The van der Waals surface area contributed by atoms with Crippen molar-refractivity contribution < 1.29 is 28.4 Å². The number of hydrogen-bond donors (Lipinski definition) is 3. The highest BCUT2D eigenvalue weighted by atomic mass is 31.2. The Hall–Kier alpha value is -1.40. The summed E-state index contributed by atoms with van der Waals surface area (Å²) in [5, 5.41) is 2.37. The molecular weight excluding hydrogens is 321 g/mol. The second kappa shape index (κ2) is 11.2. The number of hydrogen-bond acceptors (Lipinski definition) is 4. The van der Waals surface area contributed by atoms with Crippen LogP contribution in [0.5, 0.6) is 5.75 Å². The van der Waals surface area contributed by atoms with Crippen LogP contribution in [-0.4, -0.2) is 29.5 Å². The number of phosphoric ester groups is 1. The summed E-state index contributed by atoms with van der Waals surface area (Å²) in [6, 6.07) is 7.32.